The maximum Gasteiger partial charge on any atom is 0.242 e. The zero-order valence-electron chi connectivity index (χ0n) is 9.35. The van der Waals surface area contributed by atoms with Crippen molar-refractivity contribution in [1.82, 2.24) is 4.72 Å². The lowest BCUT2D eigenvalue weighted by atomic mass is 10.3. The predicted molar refractivity (Wildman–Crippen MR) is 70.0 cm³/mol. The van der Waals surface area contributed by atoms with Crippen LogP contribution >= 0.6 is 15.9 Å². The maximum absolute atomic E-state index is 11.9. The fraction of sp³-hybridized carbons (Fsp3) is 0.400. The van der Waals surface area contributed by atoms with E-state index in [4.69, 9.17) is 10.8 Å². The van der Waals surface area contributed by atoms with Gasteiger partial charge < -0.3 is 10.8 Å². The van der Waals surface area contributed by atoms with Crippen LogP contribution in [0.25, 0.3) is 0 Å². The van der Waals surface area contributed by atoms with Crippen LogP contribution in [0.1, 0.15) is 13.3 Å². The molecule has 96 valence electrons. The third-order valence-electron chi connectivity index (χ3n) is 2.12. The van der Waals surface area contributed by atoms with E-state index in [1.165, 1.54) is 12.1 Å². The van der Waals surface area contributed by atoms with Crippen LogP contribution in [0.3, 0.4) is 0 Å². The molecule has 17 heavy (non-hydrogen) atoms. The molecule has 1 rings (SSSR count). The summed E-state index contributed by atoms with van der Waals surface area (Å²) in [7, 11) is -3.63. The second-order valence-corrected chi connectivity index (χ2v) is 6.37. The Balaban J connectivity index is 2.86. The van der Waals surface area contributed by atoms with Crippen molar-refractivity contribution in [3.05, 3.63) is 22.7 Å². The second-order valence-electron chi connectivity index (χ2n) is 3.72. The highest BCUT2D eigenvalue weighted by Crippen LogP contribution is 2.22. The molecule has 0 aliphatic heterocycles. The number of nitrogens with one attached hydrogen (secondary N) is 1. The Morgan fingerprint density at radius 2 is 2.18 bits per heavy atom. The van der Waals surface area contributed by atoms with E-state index in [1.54, 1.807) is 13.0 Å². The molecule has 0 bridgehead atoms. The molecule has 0 radical (unpaired) electrons. The highest BCUT2D eigenvalue weighted by Gasteiger charge is 2.17. The van der Waals surface area contributed by atoms with Crippen molar-refractivity contribution in [2.75, 3.05) is 12.3 Å². The number of nitrogens with two attached hydrogens (primary N) is 1. The van der Waals surface area contributed by atoms with Gasteiger partial charge in [-0.2, -0.15) is 0 Å². The van der Waals surface area contributed by atoms with Gasteiger partial charge in [-0.15, -0.1) is 0 Å². The van der Waals surface area contributed by atoms with E-state index in [-0.39, 0.29) is 17.1 Å². The summed E-state index contributed by atoms with van der Waals surface area (Å²) in [6.07, 6.45) is -0.190. The molecule has 0 aromatic heterocycles. The molecule has 0 aliphatic carbocycles. The zero-order chi connectivity index (χ0) is 13.1. The molecule has 0 saturated carbocycles. The minimum absolute atomic E-state index is 0.0393. The van der Waals surface area contributed by atoms with Gasteiger partial charge in [0.25, 0.3) is 0 Å². The molecule has 1 unspecified atom stereocenters. The van der Waals surface area contributed by atoms with Crippen molar-refractivity contribution >= 4 is 31.6 Å². The van der Waals surface area contributed by atoms with Crippen LogP contribution in [-0.4, -0.2) is 26.2 Å². The number of halogens is 1. The quantitative estimate of drug-likeness (QED) is 0.707. The Kier molecular flexibility index (Phi) is 4.93. The van der Waals surface area contributed by atoms with E-state index in [0.29, 0.717) is 10.9 Å². The number of aliphatic hydroxyl groups excluding tert-OH is 1. The largest absolute Gasteiger partial charge is 0.398 e. The number of rotatable bonds is 5. The van der Waals surface area contributed by atoms with Gasteiger partial charge >= 0.3 is 0 Å². The molecule has 1 atom stereocenters. The zero-order valence-corrected chi connectivity index (χ0v) is 11.8. The van der Waals surface area contributed by atoms with Gasteiger partial charge in [-0.05, 0) is 31.5 Å². The van der Waals surface area contributed by atoms with E-state index in [9.17, 15) is 8.42 Å². The molecule has 0 saturated heterocycles. The highest BCUT2D eigenvalue weighted by atomic mass is 79.9. The third kappa shape index (κ3) is 4.27. The molecular weight excluding hydrogens is 308 g/mol. The molecule has 1 aromatic rings. The molecule has 4 N–H and O–H groups in total. The number of hydrogen-bond donors (Lipinski definition) is 3. The smallest absolute Gasteiger partial charge is 0.242 e. The molecule has 1 aromatic carbocycles. The Labute approximate surface area is 109 Å². The van der Waals surface area contributed by atoms with Gasteiger partial charge in [0.15, 0.2) is 0 Å². The SMILES string of the molecule is CC(O)CCNS(=O)(=O)c1cc(Br)ccc1N. The number of benzene rings is 1. The minimum Gasteiger partial charge on any atom is -0.398 e. The van der Waals surface area contributed by atoms with Gasteiger partial charge in [-0.25, -0.2) is 13.1 Å². The van der Waals surface area contributed by atoms with Crippen molar-refractivity contribution in [3.63, 3.8) is 0 Å². The summed E-state index contributed by atoms with van der Waals surface area (Å²) in [5, 5.41) is 9.05. The van der Waals surface area contributed by atoms with Gasteiger partial charge in [0.2, 0.25) is 10.0 Å². The predicted octanol–water partition coefficient (Wildman–Crippen LogP) is 1.08. The fourth-order valence-electron chi connectivity index (χ4n) is 1.22. The van der Waals surface area contributed by atoms with Gasteiger partial charge in [-0.3, -0.25) is 0 Å². The Morgan fingerprint density at radius 1 is 1.53 bits per heavy atom. The fourth-order valence-corrected chi connectivity index (χ4v) is 2.94. The van der Waals surface area contributed by atoms with Crippen molar-refractivity contribution < 1.29 is 13.5 Å². The van der Waals surface area contributed by atoms with Gasteiger partial charge in [0.05, 0.1) is 11.8 Å². The summed E-state index contributed by atoms with van der Waals surface area (Å²) >= 11 is 3.19. The van der Waals surface area contributed by atoms with Crippen molar-refractivity contribution in [3.8, 4) is 0 Å². The Morgan fingerprint density at radius 3 is 2.76 bits per heavy atom. The average molecular weight is 323 g/mol. The molecule has 0 aliphatic rings. The molecular formula is C10H15BrN2O3S. The van der Waals surface area contributed by atoms with Crippen LogP contribution < -0.4 is 10.5 Å². The average Bonchev–Trinajstić information content (AvgIpc) is 2.20. The standard InChI is InChI=1S/C10H15BrN2O3S/c1-7(14)4-5-13-17(15,16)10-6-8(11)2-3-9(10)12/h2-3,6-7,13-14H,4-5,12H2,1H3. The van der Waals surface area contributed by atoms with Crippen LogP contribution in [0.5, 0.6) is 0 Å². The van der Waals surface area contributed by atoms with Crippen LogP contribution in [0.15, 0.2) is 27.6 Å². The molecule has 0 amide bonds. The monoisotopic (exact) mass is 322 g/mol. The summed E-state index contributed by atoms with van der Waals surface area (Å²) in [5.74, 6) is 0. The van der Waals surface area contributed by atoms with E-state index >= 15 is 0 Å². The minimum atomic E-state index is -3.63. The lowest BCUT2D eigenvalue weighted by molar-refractivity contribution is 0.186. The van der Waals surface area contributed by atoms with Gasteiger partial charge in [-0.1, -0.05) is 15.9 Å². The van der Waals surface area contributed by atoms with Gasteiger partial charge in [0.1, 0.15) is 4.90 Å². The van der Waals surface area contributed by atoms with Crippen molar-refractivity contribution in [1.29, 1.82) is 0 Å². The van der Waals surface area contributed by atoms with E-state index in [0.717, 1.165) is 0 Å². The third-order valence-corrected chi connectivity index (χ3v) is 4.13. The summed E-state index contributed by atoms with van der Waals surface area (Å²) in [4.78, 5) is 0.0393. The van der Waals surface area contributed by atoms with E-state index in [2.05, 4.69) is 20.7 Å². The first-order valence-corrected chi connectivity index (χ1v) is 7.33. The number of nitrogen functional groups attached to an aromatic ring is 1. The van der Waals surface area contributed by atoms with Gasteiger partial charge in [0, 0.05) is 11.0 Å². The lowest BCUT2D eigenvalue weighted by Crippen LogP contribution is -2.27. The van der Waals surface area contributed by atoms with E-state index in [1.807, 2.05) is 0 Å². The topological polar surface area (TPSA) is 92.4 Å². The molecule has 0 heterocycles. The first-order valence-electron chi connectivity index (χ1n) is 5.05. The molecule has 0 spiro atoms. The van der Waals surface area contributed by atoms with Crippen LogP contribution in [0, 0.1) is 0 Å². The summed E-state index contributed by atoms with van der Waals surface area (Å²) < 4.78 is 26.8. The molecule has 5 nitrogen and oxygen atoms in total. The first kappa shape index (κ1) is 14.4. The summed E-state index contributed by atoms with van der Waals surface area (Å²) in [6, 6.07) is 4.64. The lowest BCUT2D eigenvalue weighted by Gasteiger charge is -2.10. The van der Waals surface area contributed by atoms with Crippen LogP contribution in [-0.2, 0) is 10.0 Å². The van der Waals surface area contributed by atoms with Crippen molar-refractivity contribution in [2.24, 2.45) is 0 Å². The number of hydrogen-bond acceptors (Lipinski definition) is 4. The maximum atomic E-state index is 11.9. The number of sulfonamides is 1. The summed E-state index contributed by atoms with van der Waals surface area (Å²) in [6.45, 7) is 1.77. The van der Waals surface area contributed by atoms with E-state index < -0.39 is 16.1 Å². The summed E-state index contributed by atoms with van der Waals surface area (Å²) in [5.41, 5.74) is 5.81. The highest BCUT2D eigenvalue weighted by molar-refractivity contribution is 9.10. The number of anilines is 1. The molecule has 0 fully saturated rings. The Bertz CT molecular complexity index is 488. The van der Waals surface area contributed by atoms with Crippen LogP contribution in [0.2, 0.25) is 0 Å². The van der Waals surface area contributed by atoms with Crippen molar-refractivity contribution in [2.45, 2.75) is 24.3 Å². The second kappa shape index (κ2) is 5.81. The first-order chi connectivity index (χ1) is 7.83. The Hall–Kier alpha value is -0.630. The molecule has 7 heteroatoms. The number of aliphatic hydroxyl groups is 1. The van der Waals surface area contributed by atoms with Crippen LogP contribution in [0.4, 0.5) is 5.69 Å². The normalized spacial score (nSPS) is 13.6.